The highest BCUT2D eigenvalue weighted by Crippen LogP contribution is 2.26. The lowest BCUT2D eigenvalue weighted by Gasteiger charge is -2.07. The molecule has 7 heteroatoms. The summed E-state index contributed by atoms with van der Waals surface area (Å²) in [6.07, 6.45) is 0. The van der Waals surface area contributed by atoms with Crippen molar-refractivity contribution >= 4 is 33.8 Å². The van der Waals surface area contributed by atoms with Crippen LogP contribution in [0, 0.1) is 10.1 Å². The molecule has 0 aliphatic rings. The molecular weight excluding hydrogens is 300 g/mol. The highest BCUT2D eigenvalue weighted by molar-refractivity contribution is 7.84. The lowest BCUT2D eigenvalue weighted by Crippen LogP contribution is -2.03. The van der Waals surface area contributed by atoms with Gasteiger partial charge in [-0.1, -0.05) is 23.7 Å². The molecule has 0 heterocycles. The summed E-state index contributed by atoms with van der Waals surface area (Å²) in [7, 11) is -1.57. The molecule has 0 aliphatic carbocycles. The highest BCUT2D eigenvalue weighted by Gasteiger charge is 2.18. The van der Waals surface area contributed by atoms with Crippen LogP contribution < -0.4 is 5.73 Å². The van der Waals surface area contributed by atoms with Crippen molar-refractivity contribution < 1.29 is 9.13 Å². The van der Waals surface area contributed by atoms with Crippen molar-refractivity contribution in [3.8, 4) is 0 Å². The number of nitrogens with zero attached hydrogens (tertiary/aromatic N) is 1. The zero-order valence-electron chi connectivity index (χ0n) is 10.3. The number of halogens is 1. The van der Waals surface area contributed by atoms with Crippen LogP contribution in [0.5, 0.6) is 0 Å². The van der Waals surface area contributed by atoms with Crippen LogP contribution in [0.1, 0.15) is 5.56 Å². The van der Waals surface area contributed by atoms with Crippen LogP contribution in [0.15, 0.2) is 47.4 Å². The summed E-state index contributed by atoms with van der Waals surface area (Å²) < 4.78 is 12.3. The van der Waals surface area contributed by atoms with Crippen molar-refractivity contribution in [2.45, 2.75) is 10.6 Å². The van der Waals surface area contributed by atoms with Gasteiger partial charge >= 0.3 is 0 Å². The summed E-state index contributed by atoms with van der Waals surface area (Å²) in [6, 6.07) is 10.8. The molecule has 0 aliphatic heterocycles. The van der Waals surface area contributed by atoms with E-state index in [-0.39, 0.29) is 16.3 Å². The number of hydrogen-bond acceptors (Lipinski definition) is 4. The van der Waals surface area contributed by atoms with Crippen LogP contribution in [0.4, 0.5) is 11.4 Å². The van der Waals surface area contributed by atoms with Crippen LogP contribution in [-0.2, 0) is 16.6 Å². The highest BCUT2D eigenvalue weighted by atomic mass is 35.5. The van der Waals surface area contributed by atoms with Crippen molar-refractivity contribution in [1.29, 1.82) is 0 Å². The first kappa shape index (κ1) is 14.5. The molecular formula is C13H11ClN2O3S. The predicted molar refractivity (Wildman–Crippen MR) is 79.1 cm³/mol. The van der Waals surface area contributed by atoms with E-state index < -0.39 is 15.7 Å². The fourth-order valence-electron chi connectivity index (χ4n) is 1.72. The van der Waals surface area contributed by atoms with E-state index in [9.17, 15) is 14.3 Å². The predicted octanol–water partition coefficient (Wildman–Crippen LogP) is 3.14. The molecule has 20 heavy (non-hydrogen) atoms. The maximum atomic E-state index is 12.3. The minimum atomic E-state index is -1.57. The minimum absolute atomic E-state index is 0.0806. The Kier molecular flexibility index (Phi) is 4.36. The number of rotatable bonds is 4. The van der Waals surface area contributed by atoms with Gasteiger partial charge in [-0.15, -0.1) is 0 Å². The van der Waals surface area contributed by atoms with E-state index in [1.165, 1.54) is 18.2 Å². The van der Waals surface area contributed by atoms with E-state index >= 15 is 0 Å². The monoisotopic (exact) mass is 310 g/mol. The molecule has 104 valence electrons. The van der Waals surface area contributed by atoms with Crippen molar-refractivity contribution in [1.82, 2.24) is 0 Å². The first-order chi connectivity index (χ1) is 9.49. The Morgan fingerprint density at radius 2 is 1.95 bits per heavy atom. The van der Waals surface area contributed by atoms with Gasteiger partial charge in [0, 0.05) is 16.8 Å². The van der Waals surface area contributed by atoms with E-state index in [1.54, 1.807) is 24.3 Å². The van der Waals surface area contributed by atoms with Crippen LogP contribution >= 0.6 is 11.6 Å². The Hall–Kier alpha value is -1.92. The molecule has 0 spiro atoms. The molecule has 2 aromatic carbocycles. The van der Waals surface area contributed by atoms with Gasteiger partial charge in [-0.05, 0) is 29.8 Å². The quantitative estimate of drug-likeness (QED) is 0.534. The normalized spacial score (nSPS) is 12.1. The summed E-state index contributed by atoms with van der Waals surface area (Å²) >= 11 is 5.87. The van der Waals surface area contributed by atoms with E-state index in [4.69, 9.17) is 17.3 Å². The first-order valence-electron chi connectivity index (χ1n) is 5.64. The number of hydrogen-bond donors (Lipinski definition) is 1. The van der Waals surface area contributed by atoms with Gasteiger partial charge in [-0.2, -0.15) is 0 Å². The molecule has 0 bridgehead atoms. The van der Waals surface area contributed by atoms with Gasteiger partial charge in [-0.3, -0.25) is 14.3 Å². The van der Waals surface area contributed by atoms with Crippen molar-refractivity contribution in [3.05, 3.63) is 63.2 Å². The standard InChI is InChI=1S/C13H11ClN2O3S/c14-10-5-6-11(15)9(7-10)8-20(19)13-4-2-1-3-12(13)16(17)18/h1-7H,8,15H2. The molecule has 2 rings (SSSR count). The van der Waals surface area contributed by atoms with E-state index in [1.807, 2.05) is 0 Å². The van der Waals surface area contributed by atoms with Gasteiger partial charge in [0.2, 0.25) is 0 Å². The smallest absolute Gasteiger partial charge is 0.285 e. The fraction of sp³-hybridized carbons (Fsp3) is 0.0769. The molecule has 2 aromatic rings. The number of benzene rings is 2. The number of nitro groups is 1. The first-order valence-corrected chi connectivity index (χ1v) is 7.34. The Labute approximate surface area is 123 Å². The minimum Gasteiger partial charge on any atom is -0.398 e. The number of nitro benzene ring substituents is 1. The average molecular weight is 311 g/mol. The Morgan fingerprint density at radius 3 is 2.65 bits per heavy atom. The second kappa shape index (κ2) is 6.02. The Bertz CT molecular complexity index is 691. The second-order valence-corrected chi connectivity index (χ2v) is 5.91. The molecule has 0 amide bonds. The molecule has 2 N–H and O–H groups in total. The van der Waals surface area contributed by atoms with Crippen molar-refractivity contribution in [2.24, 2.45) is 0 Å². The van der Waals surface area contributed by atoms with Crippen LogP contribution in [-0.4, -0.2) is 9.13 Å². The third-order valence-corrected chi connectivity index (χ3v) is 4.34. The Balaban J connectivity index is 2.33. The third kappa shape index (κ3) is 3.15. The van der Waals surface area contributed by atoms with Gasteiger partial charge < -0.3 is 5.73 Å². The summed E-state index contributed by atoms with van der Waals surface area (Å²) in [5, 5.41) is 11.4. The van der Waals surface area contributed by atoms with Gasteiger partial charge in [0.1, 0.15) is 4.90 Å². The van der Waals surface area contributed by atoms with E-state index in [0.29, 0.717) is 16.3 Å². The van der Waals surface area contributed by atoms with Crippen molar-refractivity contribution in [3.63, 3.8) is 0 Å². The fourth-order valence-corrected chi connectivity index (χ4v) is 3.21. The van der Waals surface area contributed by atoms with Crippen LogP contribution in [0.2, 0.25) is 5.02 Å². The average Bonchev–Trinajstić information content (AvgIpc) is 2.42. The van der Waals surface area contributed by atoms with E-state index in [0.717, 1.165) is 0 Å². The van der Waals surface area contributed by atoms with Crippen LogP contribution in [0.3, 0.4) is 0 Å². The lowest BCUT2D eigenvalue weighted by molar-refractivity contribution is -0.387. The molecule has 0 aromatic heterocycles. The van der Waals surface area contributed by atoms with E-state index in [2.05, 4.69) is 0 Å². The molecule has 0 radical (unpaired) electrons. The van der Waals surface area contributed by atoms with Gasteiger partial charge in [0.05, 0.1) is 21.5 Å². The van der Waals surface area contributed by atoms with Crippen molar-refractivity contribution in [2.75, 3.05) is 5.73 Å². The maximum absolute atomic E-state index is 12.3. The molecule has 0 fully saturated rings. The third-order valence-electron chi connectivity index (χ3n) is 2.70. The molecule has 5 nitrogen and oxygen atoms in total. The van der Waals surface area contributed by atoms with Gasteiger partial charge in [0.25, 0.3) is 5.69 Å². The topological polar surface area (TPSA) is 86.2 Å². The maximum Gasteiger partial charge on any atom is 0.285 e. The largest absolute Gasteiger partial charge is 0.398 e. The van der Waals surface area contributed by atoms with Gasteiger partial charge in [-0.25, -0.2) is 0 Å². The van der Waals surface area contributed by atoms with Gasteiger partial charge in [0.15, 0.2) is 0 Å². The summed E-state index contributed by atoms with van der Waals surface area (Å²) in [6.45, 7) is 0. The zero-order chi connectivity index (χ0) is 14.7. The number of nitrogen functional groups attached to an aromatic ring is 1. The Morgan fingerprint density at radius 1 is 1.25 bits per heavy atom. The summed E-state index contributed by atoms with van der Waals surface area (Å²) in [5.74, 6) is 0.0806. The zero-order valence-corrected chi connectivity index (χ0v) is 11.9. The molecule has 1 unspecified atom stereocenters. The SMILES string of the molecule is Nc1ccc(Cl)cc1CS(=O)c1ccccc1[N+](=O)[O-]. The molecule has 0 saturated carbocycles. The van der Waals surface area contributed by atoms with Crippen LogP contribution in [0.25, 0.3) is 0 Å². The second-order valence-electron chi connectivity index (χ2n) is 4.06. The number of nitrogens with two attached hydrogens (primary N) is 1. The number of para-hydroxylation sites is 1. The molecule has 0 saturated heterocycles. The summed E-state index contributed by atoms with van der Waals surface area (Å²) in [5.41, 5.74) is 6.69. The molecule has 1 atom stereocenters. The number of anilines is 1. The summed E-state index contributed by atoms with van der Waals surface area (Å²) in [4.78, 5) is 10.6. The lowest BCUT2D eigenvalue weighted by atomic mass is 10.2.